The van der Waals surface area contributed by atoms with Crippen molar-refractivity contribution in [3.8, 4) is 0 Å². The van der Waals surface area contributed by atoms with Crippen molar-refractivity contribution in [3.63, 3.8) is 0 Å². The molecule has 0 atom stereocenters. The third-order valence-electron chi connectivity index (χ3n) is 0. The Morgan fingerprint density at radius 3 is 1.14 bits per heavy atom. The van der Waals surface area contributed by atoms with Gasteiger partial charge in [-0.15, -0.1) is 0 Å². The van der Waals surface area contributed by atoms with E-state index in [0.717, 1.165) is 0 Å². The van der Waals surface area contributed by atoms with Gasteiger partial charge in [0.2, 0.25) is 0 Å². The Kier molecular flexibility index (Phi) is 51.5. The molecule has 0 aromatic rings. The quantitative estimate of drug-likeness (QED) is 0.384. The van der Waals surface area contributed by atoms with E-state index in [4.69, 9.17) is 12.0 Å². The van der Waals surface area contributed by atoms with Crippen molar-refractivity contribution >= 4 is 113 Å². The van der Waals surface area contributed by atoms with Crippen molar-refractivity contribution in [3.05, 3.63) is 0 Å². The van der Waals surface area contributed by atoms with Crippen LogP contribution < -0.4 is 8.27 Å². The van der Waals surface area contributed by atoms with E-state index in [1.165, 1.54) is 0 Å². The molecule has 4 nitrogen and oxygen atoms in total. The van der Waals surface area contributed by atoms with Gasteiger partial charge in [0.25, 0.3) is 0 Å². The van der Waals surface area contributed by atoms with Crippen LogP contribution in [0.2, 0.25) is 0 Å². The first-order valence-electron chi connectivity index (χ1n) is 0.612. The van der Waals surface area contributed by atoms with Gasteiger partial charge in [0.15, 0.2) is 0 Å². The molecule has 0 aliphatic rings. The fourth-order valence-electron chi connectivity index (χ4n) is 0. The molecule has 32 valence electrons. The van der Waals surface area contributed by atoms with Crippen LogP contribution >= 0.6 is 0 Å². The number of hydrogen-bond donors (Lipinski definition) is 0. The molecular weight excluding hydrogens is 411 g/mol. The molecule has 0 heterocycles. The van der Waals surface area contributed by atoms with E-state index in [9.17, 15) is 0 Å². The molecule has 0 aliphatic heterocycles. The molecule has 7 heteroatoms. The molecule has 0 spiro atoms. The monoisotopic (exact) mass is 414 g/mol. The standard InChI is InChI=1S/2Ba.GeO3.O/c;;2-1(3)4;/q2*+2;2*-2. The van der Waals surface area contributed by atoms with Gasteiger partial charge >= 0.3 is 125 Å². The maximum absolute atomic E-state index is 8.58. The van der Waals surface area contributed by atoms with Crippen LogP contribution in [-0.2, 0) is 9.25 Å². The first-order chi connectivity index (χ1) is 1.73. The van der Waals surface area contributed by atoms with E-state index in [2.05, 4.69) is 0 Å². The van der Waals surface area contributed by atoms with Gasteiger partial charge in [-0.2, -0.15) is 0 Å². The Bertz CT molecular complexity index is 32.7. The topological polar surface area (TPSA) is 91.7 Å². The van der Waals surface area contributed by atoms with Gasteiger partial charge < -0.3 is 5.48 Å². The summed E-state index contributed by atoms with van der Waals surface area (Å²) in [6, 6.07) is 0. The second-order valence-electron chi connectivity index (χ2n) is 0.250. The van der Waals surface area contributed by atoms with Crippen molar-refractivity contribution in [1.82, 2.24) is 0 Å². The van der Waals surface area contributed by atoms with E-state index in [-0.39, 0.29) is 103 Å². The summed E-state index contributed by atoms with van der Waals surface area (Å²) in [6.07, 6.45) is 0. The fraction of sp³-hybridized carbons (Fsp3) is 0. The minimum absolute atomic E-state index is 0. The molecule has 0 aromatic heterocycles. The average molecular weight is 411 g/mol. The predicted octanol–water partition coefficient (Wildman–Crippen LogP) is -3.76. The third kappa shape index (κ3) is 48.4. The van der Waals surface area contributed by atoms with Crippen molar-refractivity contribution in [1.29, 1.82) is 0 Å². The van der Waals surface area contributed by atoms with Crippen LogP contribution in [0.25, 0.3) is 0 Å². The van der Waals surface area contributed by atoms with Crippen LogP contribution in [-0.4, -0.2) is 113 Å². The Hall–Kier alpha value is 3.05. The molecule has 0 bridgehead atoms. The predicted molar refractivity (Wildman–Crippen MR) is 18.6 cm³/mol. The molecule has 0 saturated heterocycles. The zero-order chi connectivity index (χ0) is 3.58. The molecule has 0 rings (SSSR count). The van der Waals surface area contributed by atoms with Gasteiger partial charge in [-0.25, -0.2) is 0 Å². The van der Waals surface area contributed by atoms with E-state index >= 15 is 0 Å². The van der Waals surface area contributed by atoms with Gasteiger partial charge in [-0.3, -0.25) is 0 Å². The molecule has 0 aromatic carbocycles. The van der Waals surface area contributed by atoms with Crippen LogP contribution in [0.15, 0.2) is 0 Å². The molecular formula is Ba2GeO4. The summed E-state index contributed by atoms with van der Waals surface area (Å²) in [5, 5.41) is 0. The summed E-state index contributed by atoms with van der Waals surface area (Å²) in [6.45, 7) is 0. The van der Waals surface area contributed by atoms with E-state index in [0.29, 0.717) is 0 Å². The number of hydrogen-bond acceptors (Lipinski definition) is 3. The summed E-state index contributed by atoms with van der Waals surface area (Å²) in [4.78, 5) is 0. The SMILES string of the molecule is [Ba+2].[Ba+2].[O-2].[O]=[Ge]([O-])[O-]. The third-order valence-corrected chi connectivity index (χ3v) is 0. The van der Waals surface area contributed by atoms with Gasteiger partial charge in [0, 0.05) is 0 Å². The summed E-state index contributed by atoms with van der Waals surface area (Å²) in [5.74, 6) is 0. The van der Waals surface area contributed by atoms with E-state index < -0.39 is 15.0 Å². The maximum atomic E-state index is 8.58. The minimum atomic E-state index is -4.08. The van der Waals surface area contributed by atoms with Crippen LogP contribution in [0, 0.1) is 0 Å². The first-order valence-corrected chi connectivity index (χ1v) is 3.18. The van der Waals surface area contributed by atoms with Crippen LogP contribution in [0.3, 0.4) is 0 Å². The van der Waals surface area contributed by atoms with Crippen molar-refractivity contribution in [2.24, 2.45) is 0 Å². The molecule has 0 aliphatic carbocycles. The van der Waals surface area contributed by atoms with Crippen molar-refractivity contribution < 1.29 is 17.5 Å². The average Bonchev–Trinajstić information content (AvgIpc) is 0.811. The van der Waals surface area contributed by atoms with Crippen LogP contribution in [0.1, 0.15) is 0 Å². The molecule has 0 N–H and O–H groups in total. The normalized spacial score (nSPS) is 3.43. The van der Waals surface area contributed by atoms with Crippen molar-refractivity contribution in [2.45, 2.75) is 0 Å². The Balaban J connectivity index is -0.0000000150. The van der Waals surface area contributed by atoms with Crippen LogP contribution in [0.5, 0.6) is 0 Å². The van der Waals surface area contributed by atoms with Gasteiger partial charge in [0.05, 0.1) is 0 Å². The summed E-state index contributed by atoms with van der Waals surface area (Å²) in [5.41, 5.74) is 0. The van der Waals surface area contributed by atoms with Gasteiger partial charge in [0.1, 0.15) is 0 Å². The molecule has 0 fully saturated rings. The summed E-state index contributed by atoms with van der Waals surface area (Å²) >= 11 is -4.08. The van der Waals surface area contributed by atoms with Crippen molar-refractivity contribution in [2.75, 3.05) is 0 Å². The molecule has 7 heavy (non-hydrogen) atoms. The van der Waals surface area contributed by atoms with Gasteiger partial charge in [-0.05, 0) is 0 Å². The molecule has 0 unspecified atom stereocenters. The fourth-order valence-corrected chi connectivity index (χ4v) is 0. The Morgan fingerprint density at radius 2 is 1.14 bits per heavy atom. The Labute approximate surface area is 127 Å². The summed E-state index contributed by atoms with van der Waals surface area (Å²) < 4.78 is 25.8. The second kappa shape index (κ2) is 16.0. The van der Waals surface area contributed by atoms with E-state index in [1.807, 2.05) is 0 Å². The van der Waals surface area contributed by atoms with Gasteiger partial charge in [-0.1, -0.05) is 0 Å². The Morgan fingerprint density at radius 1 is 1.14 bits per heavy atom. The number of rotatable bonds is 0. The van der Waals surface area contributed by atoms with E-state index in [1.54, 1.807) is 0 Å². The molecule has 0 saturated carbocycles. The summed E-state index contributed by atoms with van der Waals surface area (Å²) in [7, 11) is 0. The zero-order valence-corrected chi connectivity index (χ0v) is 14.5. The molecule has 0 radical (unpaired) electrons. The first kappa shape index (κ1) is 22.5. The second-order valence-corrected chi connectivity index (χ2v) is 1.30. The van der Waals surface area contributed by atoms with Crippen LogP contribution in [0.4, 0.5) is 0 Å². The zero-order valence-electron chi connectivity index (χ0n) is 3.55. The molecule has 0 amide bonds.